The van der Waals surface area contributed by atoms with E-state index in [0.29, 0.717) is 6.04 Å². The first-order valence-corrected chi connectivity index (χ1v) is 5.37. The highest BCUT2D eigenvalue weighted by Crippen LogP contribution is 2.09. The van der Waals surface area contributed by atoms with E-state index in [-0.39, 0.29) is 0 Å². The molecule has 0 spiro atoms. The lowest BCUT2D eigenvalue weighted by atomic mass is 10.2. The Balaban J connectivity index is 2.75. The third-order valence-corrected chi connectivity index (χ3v) is 2.17. The van der Waals surface area contributed by atoms with Gasteiger partial charge in [0.05, 0.1) is 0 Å². The van der Waals surface area contributed by atoms with Crippen LogP contribution in [0.2, 0.25) is 0 Å². The lowest BCUT2D eigenvalue weighted by Crippen LogP contribution is -2.15. The number of rotatable bonds is 5. The number of anilines is 1. The van der Waals surface area contributed by atoms with Crippen LogP contribution in [0.4, 0.5) is 5.82 Å². The van der Waals surface area contributed by atoms with E-state index < -0.39 is 0 Å². The predicted molar refractivity (Wildman–Crippen MR) is 64.0 cm³/mol. The summed E-state index contributed by atoms with van der Waals surface area (Å²) in [6.07, 6.45) is 3.78. The standard InChI is InChI=1S/C12H19N3/c1-5-7-9(3)13-12-8-11(6-2)14-10(4)15-12/h5,8-9H,1,6-7H2,2-4H3,(H,13,14,15). The predicted octanol–water partition coefficient (Wildman–Crippen LogP) is 2.72. The molecule has 1 heterocycles. The summed E-state index contributed by atoms with van der Waals surface area (Å²) >= 11 is 0. The van der Waals surface area contributed by atoms with Crippen LogP contribution in [0.1, 0.15) is 31.8 Å². The summed E-state index contributed by atoms with van der Waals surface area (Å²) in [5.41, 5.74) is 1.08. The number of nitrogens with one attached hydrogen (secondary N) is 1. The zero-order valence-corrected chi connectivity index (χ0v) is 9.75. The van der Waals surface area contributed by atoms with Crippen LogP contribution in [0.5, 0.6) is 0 Å². The molecule has 3 heteroatoms. The van der Waals surface area contributed by atoms with Crippen molar-refractivity contribution in [2.45, 2.75) is 39.7 Å². The molecule has 0 bridgehead atoms. The van der Waals surface area contributed by atoms with Crippen LogP contribution in [0.25, 0.3) is 0 Å². The molecule has 0 radical (unpaired) electrons. The smallest absolute Gasteiger partial charge is 0.130 e. The quantitative estimate of drug-likeness (QED) is 0.751. The number of nitrogens with zero attached hydrogens (tertiary/aromatic N) is 2. The second-order valence-electron chi connectivity index (χ2n) is 3.72. The van der Waals surface area contributed by atoms with Crippen LogP contribution < -0.4 is 5.32 Å². The third kappa shape index (κ3) is 3.70. The van der Waals surface area contributed by atoms with E-state index in [4.69, 9.17) is 0 Å². The summed E-state index contributed by atoms with van der Waals surface area (Å²) in [6, 6.07) is 2.37. The molecule has 0 saturated carbocycles. The molecule has 0 aliphatic heterocycles. The maximum atomic E-state index is 4.35. The average molecular weight is 205 g/mol. The topological polar surface area (TPSA) is 37.8 Å². The van der Waals surface area contributed by atoms with Crippen molar-refractivity contribution in [2.75, 3.05) is 5.32 Å². The Bertz CT molecular complexity index is 334. The van der Waals surface area contributed by atoms with Crippen LogP contribution in [-0.2, 0) is 6.42 Å². The first kappa shape index (κ1) is 11.7. The molecule has 0 saturated heterocycles. The van der Waals surface area contributed by atoms with Crippen molar-refractivity contribution in [3.8, 4) is 0 Å². The maximum Gasteiger partial charge on any atom is 0.130 e. The molecule has 1 rings (SSSR count). The lowest BCUT2D eigenvalue weighted by molar-refractivity contribution is 0.801. The fourth-order valence-corrected chi connectivity index (χ4v) is 1.45. The third-order valence-electron chi connectivity index (χ3n) is 2.17. The highest BCUT2D eigenvalue weighted by molar-refractivity contribution is 5.37. The van der Waals surface area contributed by atoms with E-state index in [0.717, 1.165) is 30.2 Å². The van der Waals surface area contributed by atoms with Crippen molar-refractivity contribution in [2.24, 2.45) is 0 Å². The van der Waals surface area contributed by atoms with Gasteiger partial charge in [-0.15, -0.1) is 6.58 Å². The number of hydrogen-bond acceptors (Lipinski definition) is 3. The van der Waals surface area contributed by atoms with Gasteiger partial charge in [0, 0.05) is 17.8 Å². The van der Waals surface area contributed by atoms with Gasteiger partial charge in [0.2, 0.25) is 0 Å². The van der Waals surface area contributed by atoms with E-state index in [2.05, 4.69) is 35.7 Å². The second-order valence-corrected chi connectivity index (χ2v) is 3.72. The Kier molecular flexibility index (Phi) is 4.28. The minimum Gasteiger partial charge on any atom is -0.367 e. The highest BCUT2D eigenvalue weighted by Gasteiger charge is 2.03. The minimum absolute atomic E-state index is 0.363. The zero-order valence-electron chi connectivity index (χ0n) is 9.75. The van der Waals surface area contributed by atoms with Crippen LogP contribution >= 0.6 is 0 Å². The van der Waals surface area contributed by atoms with Crippen molar-refractivity contribution in [3.63, 3.8) is 0 Å². The van der Waals surface area contributed by atoms with Crippen LogP contribution in [-0.4, -0.2) is 16.0 Å². The Labute approximate surface area is 91.7 Å². The first-order chi connectivity index (χ1) is 7.15. The summed E-state index contributed by atoms with van der Waals surface area (Å²) in [5, 5.41) is 3.34. The van der Waals surface area contributed by atoms with Gasteiger partial charge in [0.15, 0.2) is 0 Å². The highest BCUT2D eigenvalue weighted by atomic mass is 15.0. The summed E-state index contributed by atoms with van der Waals surface area (Å²) in [6.45, 7) is 9.85. The molecule has 0 aliphatic rings. The summed E-state index contributed by atoms with van der Waals surface area (Å²) in [7, 11) is 0. The molecule has 0 amide bonds. The number of aromatic nitrogens is 2. The van der Waals surface area contributed by atoms with Gasteiger partial charge in [-0.2, -0.15) is 0 Å². The molecule has 0 fully saturated rings. The van der Waals surface area contributed by atoms with Crippen molar-refractivity contribution >= 4 is 5.82 Å². The zero-order chi connectivity index (χ0) is 11.3. The number of hydrogen-bond donors (Lipinski definition) is 1. The Hall–Kier alpha value is -1.38. The molecular weight excluding hydrogens is 186 g/mol. The van der Waals surface area contributed by atoms with Crippen LogP contribution in [0.3, 0.4) is 0 Å². The normalized spacial score (nSPS) is 12.2. The lowest BCUT2D eigenvalue weighted by Gasteiger charge is -2.13. The Morgan fingerprint density at radius 2 is 2.27 bits per heavy atom. The van der Waals surface area contributed by atoms with E-state index >= 15 is 0 Å². The largest absolute Gasteiger partial charge is 0.367 e. The SMILES string of the molecule is C=CCC(C)Nc1cc(CC)nc(C)n1. The van der Waals surface area contributed by atoms with Crippen molar-refractivity contribution in [1.82, 2.24) is 9.97 Å². The maximum absolute atomic E-state index is 4.35. The molecule has 0 aliphatic carbocycles. The van der Waals surface area contributed by atoms with Gasteiger partial charge in [0.1, 0.15) is 11.6 Å². The molecule has 1 N–H and O–H groups in total. The van der Waals surface area contributed by atoms with Crippen LogP contribution in [0.15, 0.2) is 18.7 Å². The molecule has 15 heavy (non-hydrogen) atoms. The van der Waals surface area contributed by atoms with Crippen molar-refractivity contribution in [1.29, 1.82) is 0 Å². The van der Waals surface area contributed by atoms with E-state index in [9.17, 15) is 0 Å². The van der Waals surface area contributed by atoms with E-state index in [1.54, 1.807) is 0 Å². The van der Waals surface area contributed by atoms with Gasteiger partial charge >= 0.3 is 0 Å². The summed E-state index contributed by atoms with van der Waals surface area (Å²) in [5.74, 6) is 1.73. The van der Waals surface area contributed by atoms with Gasteiger partial charge in [0.25, 0.3) is 0 Å². The van der Waals surface area contributed by atoms with Gasteiger partial charge < -0.3 is 5.32 Å². The first-order valence-electron chi connectivity index (χ1n) is 5.37. The van der Waals surface area contributed by atoms with Crippen molar-refractivity contribution < 1.29 is 0 Å². The Morgan fingerprint density at radius 1 is 1.53 bits per heavy atom. The fraction of sp³-hybridized carbons (Fsp3) is 0.500. The molecule has 82 valence electrons. The summed E-state index contributed by atoms with van der Waals surface area (Å²) < 4.78 is 0. The molecule has 1 unspecified atom stereocenters. The van der Waals surface area contributed by atoms with Crippen molar-refractivity contribution in [3.05, 3.63) is 30.2 Å². The van der Waals surface area contributed by atoms with Gasteiger partial charge in [-0.3, -0.25) is 0 Å². The Morgan fingerprint density at radius 3 is 2.87 bits per heavy atom. The number of aryl methyl sites for hydroxylation is 2. The van der Waals surface area contributed by atoms with E-state index in [1.807, 2.05) is 19.1 Å². The minimum atomic E-state index is 0.363. The average Bonchev–Trinajstić information content (AvgIpc) is 2.17. The van der Waals surface area contributed by atoms with Gasteiger partial charge in [-0.25, -0.2) is 9.97 Å². The molecule has 0 aromatic carbocycles. The van der Waals surface area contributed by atoms with E-state index in [1.165, 1.54) is 0 Å². The fourth-order valence-electron chi connectivity index (χ4n) is 1.45. The molecular formula is C12H19N3. The molecule has 1 aromatic heterocycles. The summed E-state index contributed by atoms with van der Waals surface area (Å²) in [4.78, 5) is 8.68. The molecule has 3 nitrogen and oxygen atoms in total. The van der Waals surface area contributed by atoms with Crippen LogP contribution in [0, 0.1) is 6.92 Å². The monoisotopic (exact) mass is 205 g/mol. The molecule has 1 atom stereocenters. The van der Waals surface area contributed by atoms with Gasteiger partial charge in [-0.1, -0.05) is 13.0 Å². The second kappa shape index (κ2) is 5.49. The van der Waals surface area contributed by atoms with Gasteiger partial charge in [-0.05, 0) is 26.7 Å². The molecule has 1 aromatic rings.